The van der Waals surface area contributed by atoms with E-state index < -0.39 is 5.97 Å². The lowest BCUT2D eigenvalue weighted by atomic mass is 10.2. The monoisotopic (exact) mass is 203 g/mol. The predicted molar refractivity (Wildman–Crippen MR) is 57.2 cm³/mol. The highest BCUT2D eigenvalue weighted by Crippen LogP contribution is 2.00. The molecular formula is C9H17NO2S. The van der Waals surface area contributed by atoms with E-state index in [2.05, 4.69) is 18.5 Å². The van der Waals surface area contributed by atoms with Crippen LogP contribution in [0.2, 0.25) is 0 Å². The Kier molecular flexibility index (Phi) is 7.83. The average Bonchev–Trinajstić information content (AvgIpc) is 2.10. The Labute approximate surface area is 83.6 Å². The molecule has 0 aromatic rings. The number of hydrogen-bond acceptors (Lipinski definition) is 3. The lowest BCUT2D eigenvalue weighted by molar-refractivity contribution is -0.131. The maximum atomic E-state index is 10.1. The largest absolute Gasteiger partial charge is 0.478 e. The van der Waals surface area contributed by atoms with Crippen molar-refractivity contribution < 1.29 is 9.90 Å². The number of nitrogens with one attached hydrogen (secondary N) is 1. The summed E-state index contributed by atoms with van der Waals surface area (Å²) in [5.74, 6) is 0.178. The molecule has 0 aromatic carbocycles. The van der Waals surface area contributed by atoms with E-state index in [1.165, 1.54) is 6.08 Å². The first-order chi connectivity index (χ1) is 6.20. The van der Waals surface area contributed by atoms with Gasteiger partial charge in [0.1, 0.15) is 0 Å². The molecule has 0 radical (unpaired) electrons. The second-order valence-electron chi connectivity index (χ2n) is 2.71. The minimum atomic E-state index is -0.889. The zero-order valence-corrected chi connectivity index (χ0v) is 8.93. The molecule has 13 heavy (non-hydrogen) atoms. The van der Waals surface area contributed by atoms with E-state index in [9.17, 15) is 4.79 Å². The summed E-state index contributed by atoms with van der Waals surface area (Å²) in [4.78, 5) is 10.1. The van der Waals surface area contributed by atoms with Gasteiger partial charge in [0, 0.05) is 24.4 Å². The minimum Gasteiger partial charge on any atom is -0.478 e. The number of carboxylic acid groups (broad SMARTS) is 1. The van der Waals surface area contributed by atoms with Crippen LogP contribution in [0.15, 0.2) is 12.2 Å². The van der Waals surface area contributed by atoms with Crippen LogP contribution in [0.5, 0.6) is 0 Å². The van der Waals surface area contributed by atoms with Gasteiger partial charge < -0.3 is 10.4 Å². The minimum absolute atomic E-state index is 0.480. The summed E-state index contributed by atoms with van der Waals surface area (Å²) in [6.07, 6.45) is 5.93. The highest BCUT2D eigenvalue weighted by atomic mass is 32.2. The maximum Gasteiger partial charge on any atom is 0.328 e. The van der Waals surface area contributed by atoms with Crippen molar-refractivity contribution in [2.45, 2.75) is 19.4 Å². The Bertz CT molecular complexity index is 171. The Morgan fingerprint density at radius 2 is 2.38 bits per heavy atom. The summed E-state index contributed by atoms with van der Waals surface area (Å²) < 4.78 is 0. The summed E-state index contributed by atoms with van der Waals surface area (Å²) in [6.45, 7) is 2.75. The molecule has 0 bridgehead atoms. The van der Waals surface area contributed by atoms with Gasteiger partial charge in [0.05, 0.1) is 0 Å². The molecule has 76 valence electrons. The molecule has 0 aromatic heterocycles. The standard InChI is InChI=1S/C9H17NO2S/c1-3-8(7-13-2)10-6-4-5-9(11)12/h4-5,8,10H,3,6-7H2,1-2H3,(H,11,12)/b5-4+. The predicted octanol–water partition coefficient (Wildman–Crippen LogP) is 1.36. The van der Waals surface area contributed by atoms with Gasteiger partial charge >= 0.3 is 5.97 Å². The van der Waals surface area contributed by atoms with E-state index in [1.54, 1.807) is 17.8 Å². The fourth-order valence-corrected chi connectivity index (χ4v) is 1.67. The highest BCUT2D eigenvalue weighted by molar-refractivity contribution is 7.98. The average molecular weight is 203 g/mol. The summed E-state index contributed by atoms with van der Waals surface area (Å²) in [5, 5.41) is 11.6. The van der Waals surface area contributed by atoms with Crippen LogP contribution in [0.4, 0.5) is 0 Å². The lowest BCUT2D eigenvalue weighted by Gasteiger charge is -2.13. The van der Waals surface area contributed by atoms with Crippen molar-refractivity contribution in [2.24, 2.45) is 0 Å². The molecule has 0 saturated carbocycles. The normalized spacial score (nSPS) is 13.4. The van der Waals surface area contributed by atoms with Gasteiger partial charge in [0.2, 0.25) is 0 Å². The number of aliphatic carboxylic acids is 1. The van der Waals surface area contributed by atoms with E-state index in [-0.39, 0.29) is 0 Å². The third kappa shape index (κ3) is 7.87. The fourth-order valence-electron chi connectivity index (χ4n) is 0.917. The van der Waals surface area contributed by atoms with Crippen LogP contribution in [-0.4, -0.2) is 35.7 Å². The molecule has 0 aliphatic heterocycles. The van der Waals surface area contributed by atoms with Crippen molar-refractivity contribution in [2.75, 3.05) is 18.6 Å². The maximum absolute atomic E-state index is 10.1. The number of carbonyl (C=O) groups is 1. The van der Waals surface area contributed by atoms with Gasteiger partial charge in [-0.1, -0.05) is 13.0 Å². The third-order valence-corrected chi connectivity index (χ3v) is 2.38. The first-order valence-corrected chi connectivity index (χ1v) is 5.71. The van der Waals surface area contributed by atoms with Crippen molar-refractivity contribution in [1.82, 2.24) is 5.32 Å². The molecule has 0 aliphatic rings. The summed E-state index contributed by atoms with van der Waals surface area (Å²) >= 11 is 1.80. The van der Waals surface area contributed by atoms with E-state index in [4.69, 9.17) is 5.11 Å². The third-order valence-electron chi connectivity index (χ3n) is 1.65. The molecule has 1 unspecified atom stereocenters. The molecule has 0 amide bonds. The van der Waals surface area contributed by atoms with Crippen molar-refractivity contribution in [3.63, 3.8) is 0 Å². The quantitative estimate of drug-likeness (QED) is 0.613. The number of rotatable bonds is 7. The van der Waals surface area contributed by atoms with E-state index in [1.807, 2.05) is 0 Å². The van der Waals surface area contributed by atoms with Crippen molar-refractivity contribution in [3.05, 3.63) is 12.2 Å². The van der Waals surface area contributed by atoms with Crippen LogP contribution in [-0.2, 0) is 4.79 Å². The molecule has 0 fully saturated rings. The summed E-state index contributed by atoms with van der Waals surface area (Å²) in [7, 11) is 0. The Balaban J connectivity index is 3.54. The number of hydrogen-bond donors (Lipinski definition) is 2. The Morgan fingerprint density at radius 3 is 2.85 bits per heavy atom. The van der Waals surface area contributed by atoms with Crippen molar-refractivity contribution >= 4 is 17.7 Å². The van der Waals surface area contributed by atoms with Crippen molar-refractivity contribution in [3.8, 4) is 0 Å². The van der Waals surface area contributed by atoms with Gasteiger partial charge in [-0.05, 0) is 12.7 Å². The topological polar surface area (TPSA) is 49.3 Å². The molecule has 0 heterocycles. The number of carboxylic acids is 1. The van der Waals surface area contributed by atoms with Crippen LogP contribution >= 0.6 is 11.8 Å². The van der Waals surface area contributed by atoms with Crippen LogP contribution in [0.25, 0.3) is 0 Å². The molecule has 0 saturated heterocycles. The van der Waals surface area contributed by atoms with Crippen LogP contribution in [0.3, 0.4) is 0 Å². The van der Waals surface area contributed by atoms with Crippen LogP contribution in [0.1, 0.15) is 13.3 Å². The Hall–Kier alpha value is -0.480. The summed E-state index contributed by atoms with van der Waals surface area (Å²) in [6, 6.07) is 0.480. The van der Waals surface area contributed by atoms with Crippen molar-refractivity contribution in [1.29, 1.82) is 0 Å². The zero-order chi connectivity index (χ0) is 10.1. The smallest absolute Gasteiger partial charge is 0.328 e. The van der Waals surface area contributed by atoms with Gasteiger partial charge in [-0.25, -0.2) is 4.79 Å². The fraction of sp³-hybridized carbons (Fsp3) is 0.667. The van der Waals surface area contributed by atoms with Gasteiger partial charge in [-0.15, -0.1) is 0 Å². The van der Waals surface area contributed by atoms with Gasteiger partial charge in [0.25, 0.3) is 0 Å². The lowest BCUT2D eigenvalue weighted by Crippen LogP contribution is -2.30. The van der Waals surface area contributed by atoms with Gasteiger partial charge in [-0.2, -0.15) is 11.8 Å². The molecule has 0 aliphatic carbocycles. The molecular weight excluding hydrogens is 186 g/mol. The van der Waals surface area contributed by atoms with Gasteiger partial charge in [-0.3, -0.25) is 0 Å². The molecule has 0 spiro atoms. The van der Waals surface area contributed by atoms with Gasteiger partial charge in [0.15, 0.2) is 0 Å². The second-order valence-corrected chi connectivity index (χ2v) is 3.62. The van der Waals surface area contributed by atoms with E-state index in [0.29, 0.717) is 12.6 Å². The zero-order valence-electron chi connectivity index (χ0n) is 8.12. The molecule has 3 nitrogen and oxygen atoms in total. The number of thioether (sulfide) groups is 1. The molecule has 4 heteroatoms. The first-order valence-electron chi connectivity index (χ1n) is 4.32. The highest BCUT2D eigenvalue weighted by Gasteiger charge is 2.01. The SMILES string of the molecule is CCC(CSC)NC/C=C/C(=O)O. The molecule has 2 N–H and O–H groups in total. The first kappa shape index (κ1) is 12.5. The summed E-state index contributed by atoms with van der Waals surface area (Å²) in [5.41, 5.74) is 0. The van der Waals surface area contributed by atoms with Crippen LogP contribution < -0.4 is 5.32 Å². The molecule has 1 atom stereocenters. The van der Waals surface area contributed by atoms with Crippen LogP contribution in [0, 0.1) is 0 Å². The second kappa shape index (κ2) is 8.13. The van der Waals surface area contributed by atoms with E-state index >= 15 is 0 Å². The Morgan fingerprint density at radius 1 is 1.69 bits per heavy atom. The molecule has 0 rings (SSSR count). The van der Waals surface area contributed by atoms with E-state index in [0.717, 1.165) is 12.2 Å².